The molecule has 0 radical (unpaired) electrons. The van der Waals surface area contributed by atoms with Crippen LogP contribution < -0.4 is 0 Å². The van der Waals surface area contributed by atoms with Crippen LogP contribution >= 0.6 is 0 Å². The normalized spacial score (nSPS) is 20.8. The first kappa shape index (κ1) is 28.0. The van der Waals surface area contributed by atoms with Crippen molar-refractivity contribution in [3.8, 4) is 22.3 Å². The van der Waals surface area contributed by atoms with Crippen LogP contribution in [0, 0.1) is 33.1 Å². The van der Waals surface area contributed by atoms with Crippen molar-refractivity contribution in [2.75, 3.05) is 0 Å². The summed E-state index contributed by atoms with van der Waals surface area (Å²) >= 11 is -3.09. The number of aryl methyl sites for hydroxylation is 4. The first-order valence-corrected chi connectivity index (χ1v) is 27.3. The molecule has 7 rings (SSSR count). The van der Waals surface area contributed by atoms with Crippen LogP contribution in [0.3, 0.4) is 0 Å². The van der Waals surface area contributed by atoms with Crippen LogP contribution in [-0.2, 0) is 20.0 Å². The standard InChI is InChI=1S/C39H38.2CH3.Hf/c1-7-39(8-2,31-21-29-17-11-19-33(35(29)23-31)37-25(3)13-9-14-26(37)4)32-22-30-18-12-20-34(36(30)24-32)38-27(5)15-10-16-28(38)6;;;/h9-24H,7-8H2,1-6H3;2*1H3;. The SMILES string of the molecule is CCC1(CC)C2=Cc3c(-c4c(C)cccc4C)cccc3[CH]2[Hf]([CH3])([CH3])[CH]2C1=Cc1c(-c3c(C)cccc3C)cccc12. The van der Waals surface area contributed by atoms with E-state index in [1.165, 1.54) is 55.6 Å². The van der Waals surface area contributed by atoms with E-state index in [4.69, 9.17) is 0 Å². The monoisotopic (exact) mass is 716 g/mol. The van der Waals surface area contributed by atoms with Gasteiger partial charge in [0.15, 0.2) is 0 Å². The summed E-state index contributed by atoms with van der Waals surface area (Å²) in [7, 11) is 0. The third kappa shape index (κ3) is 3.68. The van der Waals surface area contributed by atoms with Gasteiger partial charge in [0.1, 0.15) is 0 Å². The summed E-state index contributed by atoms with van der Waals surface area (Å²) < 4.78 is 6.80. The molecule has 1 saturated heterocycles. The molecule has 3 aliphatic rings. The van der Waals surface area contributed by atoms with Gasteiger partial charge in [0.25, 0.3) is 0 Å². The molecule has 0 bridgehead atoms. The van der Waals surface area contributed by atoms with Gasteiger partial charge in [-0.3, -0.25) is 0 Å². The number of rotatable bonds is 4. The second-order valence-corrected chi connectivity index (χ2v) is 31.1. The van der Waals surface area contributed by atoms with E-state index < -0.39 is 20.0 Å². The van der Waals surface area contributed by atoms with Crippen molar-refractivity contribution in [2.24, 2.45) is 5.41 Å². The molecule has 4 aromatic carbocycles. The molecule has 2 atom stereocenters. The Morgan fingerprint density at radius 3 is 1.26 bits per heavy atom. The Labute approximate surface area is 257 Å². The number of allylic oxidation sites excluding steroid dienone is 2. The summed E-state index contributed by atoms with van der Waals surface area (Å²) in [5.74, 6) is 0. The van der Waals surface area contributed by atoms with Gasteiger partial charge in [-0.1, -0.05) is 0 Å². The molecular formula is C41H44Hf. The molecule has 1 heterocycles. The quantitative estimate of drug-likeness (QED) is 0.185. The molecule has 2 aliphatic carbocycles. The van der Waals surface area contributed by atoms with E-state index in [2.05, 4.69) is 136 Å². The molecular weight excluding hydrogens is 671 g/mol. The van der Waals surface area contributed by atoms with Crippen LogP contribution in [0.5, 0.6) is 0 Å². The maximum absolute atomic E-state index is 3.09. The van der Waals surface area contributed by atoms with Gasteiger partial charge in [0, 0.05) is 0 Å². The Morgan fingerprint density at radius 2 is 0.905 bits per heavy atom. The summed E-state index contributed by atoms with van der Waals surface area (Å²) in [6.45, 7) is 14.0. The van der Waals surface area contributed by atoms with Gasteiger partial charge in [0.2, 0.25) is 0 Å². The van der Waals surface area contributed by atoms with Gasteiger partial charge >= 0.3 is 259 Å². The van der Waals surface area contributed by atoms with Crippen molar-refractivity contribution in [3.63, 3.8) is 0 Å². The Kier molecular flexibility index (Phi) is 6.59. The predicted octanol–water partition coefficient (Wildman–Crippen LogP) is 11.9. The van der Waals surface area contributed by atoms with E-state index >= 15 is 0 Å². The minimum atomic E-state index is -3.09. The molecule has 212 valence electrons. The Morgan fingerprint density at radius 1 is 0.548 bits per heavy atom. The van der Waals surface area contributed by atoms with Crippen molar-refractivity contribution >= 4 is 12.2 Å². The van der Waals surface area contributed by atoms with Crippen LogP contribution in [-0.4, -0.2) is 0 Å². The van der Waals surface area contributed by atoms with Crippen LogP contribution in [0.25, 0.3) is 34.4 Å². The van der Waals surface area contributed by atoms with E-state index in [9.17, 15) is 0 Å². The fourth-order valence-electron chi connectivity index (χ4n) is 9.55. The predicted molar refractivity (Wildman–Crippen MR) is 179 cm³/mol. The molecule has 2 unspecified atom stereocenters. The minimum absolute atomic E-state index is 0.110. The second-order valence-electron chi connectivity index (χ2n) is 13.8. The Bertz CT molecular complexity index is 1650. The molecule has 0 nitrogen and oxygen atoms in total. The van der Waals surface area contributed by atoms with Gasteiger partial charge in [0.05, 0.1) is 0 Å². The molecule has 0 N–H and O–H groups in total. The summed E-state index contributed by atoms with van der Waals surface area (Å²) in [6.07, 6.45) is 7.72. The number of hydrogen-bond donors (Lipinski definition) is 0. The zero-order valence-corrected chi connectivity index (χ0v) is 30.2. The fourth-order valence-corrected chi connectivity index (χ4v) is 26.7. The van der Waals surface area contributed by atoms with E-state index in [0.717, 1.165) is 12.8 Å². The van der Waals surface area contributed by atoms with Crippen LogP contribution in [0.15, 0.2) is 83.9 Å². The van der Waals surface area contributed by atoms with Crippen LogP contribution in [0.1, 0.15) is 78.5 Å². The van der Waals surface area contributed by atoms with E-state index in [1.54, 1.807) is 22.3 Å². The zero-order valence-electron chi connectivity index (χ0n) is 26.7. The van der Waals surface area contributed by atoms with Gasteiger partial charge in [-0.05, 0) is 0 Å². The van der Waals surface area contributed by atoms with Crippen molar-refractivity contribution in [1.82, 2.24) is 0 Å². The van der Waals surface area contributed by atoms with Gasteiger partial charge in [-0.15, -0.1) is 0 Å². The molecule has 1 heteroatoms. The number of fused-ring (bicyclic) bond motifs is 6. The van der Waals surface area contributed by atoms with Gasteiger partial charge in [-0.25, -0.2) is 0 Å². The third-order valence-electron chi connectivity index (χ3n) is 11.4. The average molecular weight is 715 g/mol. The summed E-state index contributed by atoms with van der Waals surface area (Å²) in [4.78, 5) is 0. The van der Waals surface area contributed by atoms with E-state index in [0.29, 0.717) is 7.35 Å². The first-order valence-electron chi connectivity index (χ1n) is 16.0. The van der Waals surface area contributed by atoms with E-state index in [-0.39, 0.29) is 5.41 Å². The summed E-state index contributed by atoms with van der Waals surface area (Å²) in [5, 5.41) is 0. The van der Waals surface area contributed by atoms with Crippen molar-refractivity contribution in [2.45, 2.75) is 71.1 Å². The van der Waals surface area contributed by atoms with Gasteiger partial charge < -0.3 is 0 Å². The van der Waals surface area contributed by atoms with E-state index in [1.807, 2.05) is 0 Å². The molecule has 0 spiro atoms. The van der Waals surface area contributed by atoms with Crippen LogP contribution in [0.2, 0.25) is 9.36 Å². The third-order valence-corrected chi connectivity index (χ3v) is 26.6. The average Bonchev–Trinajstić information content (AvgIpc) is 3.56. The Balaban J connectivity index is 1.49. The molecule has 42 heavy (non-hydrogen) atoms. The summed E-state index contributed by atoms with van der Waals surface area (Å²) in [6, 6.07) is 28.0. The first-order chi connectivity index (χ1) is 20.2. The fraction of sp³-hybridized carbons (Fsp3) is 0.317. The number of hydrogen-bond acceptors (Lipinski definition) is 0. The maximum atomic E-state index is 2.78. The molecule has 1 aliphatic heterocycles. The van der Waals surface area contributed by atoms with Crippen molar-refractivity contribution in [3.05, 3.63) is 128 Å². The van der Waals surface area contributed by atoms with Crippen molar-refractivity contribution < 1.29 is 20.0 Å². The van der Waals surface area contributed by atoms with Crippen molar-refractivity contribution in [1.29, 1.82) is 0 Å². The van der Waals surface area contributed by atoms with Gasteiger partial charge in [-0.2, -0.15) is 0 Å². The number of benzene rings is 4. The molecule has 0 aromatic heterocycles. The zero-order chi connectivity index (χ0) is 29.6. The molecule has 1 fully saturated rings. The topological polar surface area (TPSA) is 0 Å². The van der Waals surface area contributed by atoms with Crippen LogP contribution in [0.4, 0.5) is 0 Å². The molecule has 0 saturated carbocycles. The summed E-state index contributed by atoms with van der Waals surface area (Å²) in [5.41, 5.74) is 21.1. The second kappa shape index (κ2) is 9.88. The molecule has 0 amide bonds. The Hall–Kier alpha value is -2.77. The molecule has 4 aromatic rings.